The van der Waals surface area contributed by atoms with Crippen LogP contribution in [-0.4, -0.2) is 30.3 Å². The molecule has 1 amide bonds. The lowest BCUT2D eigenvalue weighted by molar-refractivity contribution is -0.148. The van der Waals surface area contributed by atoms with Crippen molar-refractivity contribution in [2.75, 3.05) is 6.61 Å². The van der Waals surface area contributed by atoms with Crippen molar-refractivity contribution in [1.82, 2.24) is 5.32 Å². The Balaban J connectivity index is 1.54. The molecule has 0 aliphatic carbocycles. The van der Waals surface area contributed by atoms with Gasteiger partial charge in [-0.2, -0.15) is 0 Å². The van der Waals surface area contributed by atoms with Crippen molar-refractivity contribution >= 4 is 28.6 Å². The molecule has 0 unspecified atom stereocenters. The number of aryl methyl sites for hydroxylation is 2. The number of nitrogens with one attached hydrogen (secondary N) is 1. The van der Waals surface area contributed by atoms with E-state index in [1.54, 1.807) is 6.26 Å². The van der Waals surface area contributed by atoms with Gasteiger partial charge < -0.3 is 14.5 Å². The number of ketones is 1. The molecule has 0 saturated heterocycles. The molecule has 1 heterocycles. The number of carbonyl (C=O) groups is 3. The molecule has 0 saturated carbocycles. The molecule has 1 N–H and O–H groups in total. The number of benzene rings is 2. The molecular formula is C24H25NO5. The minimum atomic E-state index is -0.664. The summed E-state index contributed by atoms with van der Waals surface area (Å²) in [6.45, 7) is 4.95. The van der Waals surface area contributed by atoms with E-state index >= 15 is 0 Å². The normalized spacial score (nSPS) is 11.8. The topological polar surface area (TPSA) is 85.6 Å². The molecule has 0 bridgehead atoms. The summed E-state index contributed by atoms with van der Waals surface area (Å²) < 4.78 is 10.7. The van der Waals surface area contributed by atoms with Gasteiger partial charge in [0, 0.05) is 10.9 Å². The summed E-state index contributed by atoms with van der Waals surface area (Å²) in [6, 6.07) is 12.6. The standard InChI is InChI=1S/C24H25NO5/c1-15-9-10-20-19(13-30-24(20)16(15)2)12-23(28)29-14-22(27)25-21(17(3)26)11-18-7-5-4-6-8-18/h4-10,13,21H,11-12,14H2,1-3H3,(H,25,27)/t21-/m0/s1. The fraction of sp³-hybridized carbons (Fsp3) is 0.292. The minimum absolute atomic E-state index is 0.00291. The van der Waals surface area contributed by atoms with E-state index in [1.165, 1.54) is 6.92 Å². The predicted octanol–water partition coefficient (Wildman–Crippen LogP) is 3.45. The molecule has 1 aromatic heterocycles. The fourth-order valence-corrected chi connectivity index (χ4v) is 3.26. The first-order valence-electron chi connectivity index (χ1n) is 9.80. The third kappa shape index (κ3) is 5.14. The number of hydrogen-bond donors (Lipinski definition) is 1. The van der Waals surface area contributed by atoms with Crippen molar-refractivity contribution in [3.05, 3.63) is 71.0 Å². The van der Waals surface area contributed by atoms with Crippen LogP contribution in [-0.2, 0) is 32.0 Å². The van der Waals surface area contributed by atoms with E-state index < -0.39 is 24.5 Å². The summed E-state index contributed by atoms with van der Waals surface area (Å²) in [6.07, 6.45) is 1.93. The van der Waals surface area contributed by atoms with Crippen LogP contribution in [0.1, 0.15) is 29.2 Å². The second-order valence-electron chi connectivity index (χ2n) is 7.40. The third-order valence-electron chi connectivity index (χ3n) is 5.15. The Kier molecular flexibility index (Phi) is 6.67. The van der Waals surface area contributed by atoms with Crippen molar-refractivity contribution < 1.29 is 23.5 Å². The molecule has 156 valence electrons. The number of furan rings is 1. The highest BCUT2D eigenvalue weighted by Gasteiger charge is 2.19. The van der Waals surface area contributed by atoms with E-state index in [2.05, 4.69) is 5.32 Å². The lowest BCUT2D eigenvalue weighted by Gasteiger charge is -2.16. The van der Waals surface area contributed by atoms with Gasteiger partial charge in [-0.3, -0.25) is 14.4 Å². The average Bonchev–Trinajstić information content (AvgIpc) is 3.12. The van der Waals surface area contributed by atoms with Crippen molar-refractivity contribution in [2.45, 2.75) is 39.7 Å². The summed E-state index contributed by atoms with van der Waals surface area (Å²) in [4.78, 5) is 36.3. The Labute approximate surface area is 175 Å². The first-order valence-corrected chi connectivity index (χ1v) is 9.80. The Bertz CT molecular complexity index is 1070. The zero-order chi connectivity index (χ0) is 21.7. The van der Waals surface area contributed by atoms with E-state index in [-0.39, 0.29) is 12.2 Å². The summed E-state index contributed by atoms with van der Waals surface area (Å²) in [5, 5.41) is 3.50. The van der Waals surface area contributed by atoms with E-state index in [4.69, 9.17) is 9.15 Å². The molecule has 6 nitrogen and oxygen atoms in total. The van der Waals surface area contributed by atoms with Crippen LogP contribution in [0.15, 0.2) is 53.1 Å². The number of carbonyl (C=O) groups excluding carboxylic acids is 3. The van der Waals surface area contributed by atoms with Gasteiger partial charge in [0.05, 0.1) is 18.7 Å². The van der Waals surface area contributed by atoms with E-state index in [0.717, 1.165) is 27.7 Å². The molecule has 1 atom stereocenters. The van der Waals surface area contributed by atoms with Crippen LogP contribution in [0.3, 0.4) is 0 Å². The highest BCUT2D eigenvalue weighted by Crippen LogP contribution is 2.26. The Hall–Kier alpha value is -3.41. The van der Waals surface area contributed by atoms with Gasteiger partial charge in [-0.1, -0.05) is 42.5 Å². The van der Waals surface area contributed by atoms with Gasteiger partial charge in [-0.05, 0) is 43.9 Å². The van der Waals surface area contributed by atoms with Gasteiger partial charge in [-0.25, -0.2) is 0 Å². The molecule has 3 rings (SSSR count). The SMILES string of the molecule is CC(=O)[C@H](Cc1ccccc1)NC(=O)COC(=O)Cc1coc2c(C)c(C)ccc12. The number of Topliss-reactive ketones (excluding diaryl/α,β-unsaturated/α-hetero) is 1. The highest BCUT2D eigenvalue weighted by molar-refractivity contribution is 5.90. The minimum Gasteiger partial charge on any atom is -0.464 e. The number of ether oxygens (including phenoxy) is 1. The van der Waals surface area contributed by atoms with E-state index in [0.29, 0.717) is 12.0 Å². The van der Waals surface area contributed by atoms with Crippen LogP contribution in [0.5, 0.6) is 0 Å². The first kappa shape index (κ1) is 21.3. The predicted molar refractivity (Wildman–Crippen MR) is 113 cm³/mol. The number of amides is 1. The first-order chi connectivity index (χ1) is 14.3. The van der Waals surface area contributed by atoms with Gasteiger partial charge >= 0.3 is 5.97 Å². The average molecular weight is 407 g/mol. The van der Waals surface area contributed by atoms with Gasteiger partial charge in [-0.15, -0.1) is 0 Å². The fourth-order valence-electron chi connectivity index (χ4n) is 3.26. The molecule has 6 heteroatoms. The van der Waals surface area contributed by atoms with Crippen LogP contribution < -0.4 is 5.32 Å². The van der Waals surface area contributed by atoms with Crippen LogP contribution >= 0.6 is 0 Å². The zero-order valence-corrected chi connectivity index (χ0v) is 17.4. The summed E-state index contributed by atoms with van der Waals surface area (Å²) in [5.74, 6) is -1.20. The maximum Gasteiger partial charge on any atom is 0.310 e. The number of rotatable bonds is 8. The maximum absolute atomic E-state index is 12.2. The van der Waals surface area contributed by atoms with Crippen LogP contribution in [0.2, 0.25) is 0 Å². The maximum atomic E-state index is 12.2. The molecule has 0 spiro atoms. The summed E-state index contributed by atoms with van der Waals surface area (Å²) in [7, 11) is 0. The summed E-state index contributed by atoms with van der Waals surface area (Å²) >= 11 is 0. The third-order valence-corrected chi connectivity index (χ3v) is 5.15. The number of hydrogen-bond acceptors (Lipinski definition) is 5. The van der Waals surface area contributed by atoms with Crippen molar-refractivity contribution in [1.29, 1.82) is 0 Å². The second-order valence-corrected chi connectivity index (χ2v) is 7.40. The van der Waals surface area contributed by atoms with Crippen molar-refractivity contribution in [3.8, 4) is 0 Å². The van der Waals surface area contributed by atoms with Gasteiger partial charge in [0.1, 0.15) is 5.58 Å². The monoisotopic (exact) mass is 407 g/mol. The molecule has 0 aliphatic rings. The molecule has 30 heavy (non-hydrogen) atoms. The smallest absolute Gasteiger partial charge is 0.310 e. The largest absolute Gasteiger partial charge is 0.464 e. The number of fused-ring (bicyclic) bond motifs is 1. The van der Waals surface area contributed by atoms with Crippen molar-refractivity contribution in [2.24, 2.45) is 0 Å². The Morgan fingerprint density at radius 1 is 1.07 bits per heavy atom. The van der Waals surface area contributed by atoms with Gasteiger partial charge in [0.25, 0.3) is 5.91 Å². The highest BCUT2D eigenvalue weighted by atomic mass is 16.5. The lowest BCUT2D eigenvalue weighted by atomic mass is 10.0. The Morgan fingerprint density at radius 3 is 2.50 bits per heavy atom. The quantitative estimate of drug-likeness (QED) is 0.578. The number of esters is 1. The molecule has 0 aliphatic heterocycles. The molecule has 3 aromatic rings. The Morgan fingerprint density at radius 2 is 1.80 bits per heavy atom. The molecule has 0 fully saturated rings. The van der Waals surface area contributed by atoms with Crippen molar-refractivity contribution in [3.63, 3.8) is 0 Å². The molecule has 0 radical (unpaired) electrons. The van der Waals surface area contributed by atoms with Gasteiger partial charge in [0.15, 0.2) is 12.4 Å². The van der Waals surface area contributed by atoms with Crippen LogP contribution in [0, 0.1) is 13.8 Å². The summed E-state index contributed by atoms with van der Waals surface area (Å²) in [5.41, 5.74) is 4.54. The molecule has 2 aromatic carbocycles. The molecular weight excluding hydrogens is 382 g/mol. The van der Waals surface area contributed by atoms with Crippen LogP contribution in [0.25, 0.3) is 11.0 Å². The van der Waals surface area contributed by atoms with E-state index in [9.17, 15) is 14.4 Å². The second kappa shape index (κ2) is 9.39. The van der Waals surface area contributed by atoms with E-state index in [1.807, 2.05) is 56.3 Å². The zero-order valence-electron chi connectivity index (χ0n) is 17.4. The van der Waals surface area contributed by atoms with Gasteiger partial charge in [0.2, 0.25) is 0 Å². The lowest BCUT2D eigenvalue weighted by Crippen LogP contribution is -2.43. The van der Waals surface area contributed by atoms with Crippen LogP contribution in [0.4, 0.5) is 0 Å².